The van der Waals surface area contributed by atoms with E-state index in [4.69, 9.17) is 6.42 Å². The highest BCUT2D eigenvalue weighted by atomic mass is 19.1. The van der Waals surface area contributed by atoms with E-state index >= 15 is 0 Å². The lowest BCUT2D eigenvalue weighted by Crippen LogP contribution is -1.97. The molecule has 0 atom stereocenters. The van der Waals surface area contributed by atoms with Gasteiger partial charge >= 0.3 is 0 Å². The second-order valence-corrected chi connectivity index (χ2v) is 3.05. The van der Waals surface area contributed by atoms with Gasteiger partial charge in [-0.3, -0.25) is 0 Å². The molecule has 0 spiro atoms. The zero-order chi connectivity index (χ0) is 10.8. The fourth-order valence-corrected chi connectivity index (χ4v) is 1.22. The molecule has 0 N–H and O–H groups in total. The van der Waals surface area contributed by atoms with Crippen molar-refractivity contribution in [2.75, 3.05) is 0 Å². The highest BCUT2D eigenvalue weighted by Gasteiger charge is 2.04. The van der Waals surface area contributed by atoms with Crippen LogP contribution in [-0.4, -0.2) is 14.8 Å². The molecule has 0 aliphatic rings. The van der Waals surface area contributed by atoms with Gasteiger partial charge in [0.2, 0.25) is 0 Å². The molecule has 0 saturated heterocycles. The van der Waals surface area contributed by atoms with Gasteiger partial charge in [0, 0.05) is 6.20 Å². The van der Waals surface area contributed by atoms with Crippen LogP contribution in [0.5, 0.6) is 0 Å². The number of pyridine rings is 1. The Labute approximate surface area is 86.6 Å². The normalized spacial score (nSPS) is 9.93. The second kappa shape index (κ2) is 3.54. The summed E-state index contributed by atoms with van der Waals surface area (Å²) in [4.78, 5) is 3.89. The third-order valence-corrected chi connectivity index (χ3v) is 2.00. The molecule has 2 aromatic heterocycles. The highest BCUT2D eigenvalue weighted by molar-refractivity contribution is 5.36. The topological polar surface area (TPSA) is 30.7 Å². The summed E-state index contributed by atoms with van der Waals surface area (Å²) >= 11 is 0. The molecule has 0 aromatic carbocycles. The first-order valence-electron chi connectivity index (χ1n) is 4.35. The molecule has 0 aliphatic heterocycles. The van der Waals surface area contributed by atoms with E-state index in [1.165, 1.54) is 10.7 Å². The summed E-state index contributed by atoms with van der Waals surface area (Å²) < 4.78 is 14.2. The Hall–Kier alpha value is -2.15. The van der Waals surface area contributed by atoms with Gasteiger partial charge in [-0.2, -0.15) is 5.10 Å². The lowest BCUT2D eigenvalue weighted by molar-refractivity contribution is 0.619. The summed E-state index contributed by atoms with van der Waals surface area (Å²) in [5, 5.41) is 4.17. The molecule has 74 valence electrons. The van der Waals surface area contributed by atoms with Crippen LogP contribution in [0.4, 0.5) is 4.39 Å². The van der Waals surface area contributed by atoms with Crippen LogP contribution in [0.2, 0.25) is 0 Å². The number of hydrogen-bond donors (Lipinski definition) is 0. The molecule has 3 nitrogen and oxygen atoms in total. The van der Waals surface area contributed by atoms with Gasteiger partial charge in [-0.25, -0.2) is 14.1 Å². The number of aryl methyl sites for hydroxylation is 1. The number of halogens is 1. The lowest BCUT2D eigenvalue weighted by Gasteiger charge is -1.98. The van der Waals surface area contributed by atoms with Gasteiger partial charge in [-0.05, 0) is 19.1 Å². The standard InChI is InChI=1S/C11H8FN3/c1-3-9-7-15(14-8(9)2)11-5-4-10(12)6-13-11/h1,4-7H,2H3. The molecule has 0 amide bonds. The average Bonchev–Trinajstić information content (AvgIpc) is 2.61. The van der Waals surface area contributed by atoms with Crippen molar-refractivity contribution in [1.82, 2.24) is 14.8 Å². The van der Waals surface area contributed by atoms with Gasteiger partial charge in [0.1, 0.15) is 5.82 Å². The number of hydrogen-bond acceptors (Lipinski definition) is 2. The van der Waals surface area contributed by atoms with Crippen LogP contribution in [0.15, 0.2) is 24.5 Å². The maximum Gasteiger partial charge on any atom is 0.153 e. The summed E-state index contributed by atoms with van der Waals surface area (Å²) in [6.45, 7) is 1.81. The van der Waals surface area contributed by atoms with Crippen LogP contribution in [0.25, 0.3) is 5.82 Å². The Balaban J connectivity index is 2.46. The molecular weight excluding hydrogens is 193 g/mol. The lowest BCUT2D eigenvalue weighted by atomic mass is 10.3. The first-order valence-corrected chi connectivity index (χ1v) is 4.35. The summed E-state index contributed by atoms with van der Waals surface area (Å²) in [6, 6.07) is 2.87. The van der Waals surface area contributed by atoms with Crippen molar-refractivity contribution in [3.05, 3.63) is 41.6 Å². The Morgan fingerprint density at radius 1 is 1.47 bits per heavy atom. The Kier molecular flexibility index (Phi) is 2.22. The van der Waals surface area contributed by atoms with Crippen LogP contribution in [0, 0.1) is 25.1 Å². The van der Waals surface area contributed by atoms with Gasteiger partial charge in [0.25, 0.3) is 0 Å². The fraction of sp³-hybridized carbons (Fsp3) is 0.0909. The average molecular weight is 201 g/mol. The number of nitrogens with zero attached hydrogens (tertiary/aromatic N) is 3. The van der Waals surface area contributed by atoms with E-state index < -0.39 is 0 Å². The molecule has 0 radical (unpaired) electrons. The largest absolute Gasteiger partial charge is 0.234 e. The van der Waals surface area contributed by atoms with E-state index in [-0.39, 0.29) is 5.82 Å². The highest BCUT2D eigenvalue weighted by Crippen LogP contribution is 2.09. The van der Waals surface area contributed by atoms with Gasteiger partial charge in [0.15, 0.2) is 5.82 Å². The molecule has 2 aromatic rings. The Morgan fingerprint density at radius 2 is 2.27 bits per heavy atom. The van der Waals surface area contributed by atoms with Crippen LogP contribution >= 0.6 is 0 Å². The van der Waals surface area contributed by atoms with Crippen molar-refractivity contribution in [3.8, 4) is 18.2 Å². The van der Waals surface area contributed by atoms with Gasteiger partial charge in [0.05, 0.1) is 17.5 Å². The summed E-state index contributed by atoms with van der Waals surface area (Å²) in [6.07, 6.45) is 8.11. The van der Waals surface area contributed by atoms with Crippen molar-refractivity contribution in [1.29, 1.82) is 0 Å². The van der Waals surface area contributed by atoms with Crippen molar-refractivity contribution in [2.24, 2.45) is 0 Å². The van der Waals surface area contributed by atoms with E-state index in [1.807, 2.05) is 6.92 Å². The monoisotopic (exact) mass is 201 g/mol. The Morgan fingerprint density at radius 3 is 2.80 bits per heavy atom. The summed E-state index contributed by atoms with van der Waals surface area (Å²) in [7, 11) is 0. The minimum Gasteiger partial charge on any atom is -0.234 e. The van der Waals surface area contributed by atoms with E-state index in [9.17, 15) is 4.39 Å². The molecule has 15 heavy (non-hydrogen) atoms. The van der Waals surface area contributed by atoms with Gasteiger partial charge in [-0.15, -0.1) is 6.42 Å². The summed E-state index contributed by atoms with van der Waals surface area (Å²) in [5.41, 5.74) is 1.46. The van der Waals surface area contributed by atoms with E-state index in [2.05, 4.69) is 16.0 Å². The molecule has 4 heteroatoms. The maximum atomic E-state index is 12.6. The quantitative estimate of drug-likeness (QED) is 0.657. The van der Waals surface area contributed by atoms with Crippen LogP contribution < -0.4 is 0 Å². The number of terminal acetylenes is 1. The molecule has 0 aliphatic carbocycles. The number of aromatic nitrogens is 3. The molecular formula is C11H8FN3. The van der Waals surface area contributed by atoms with Crippen LogP contribution in [0.3, 0.4) is 0 Å². The van der Waals surface area contributed by atoms with E-state index in [0.717, 1.165) is 11.9 Å². The van der Waals surface area contributed by atoms with Crippen LogP contribution in [-0.2, 0) is 0 Å². The third-order valence-electron chi connectivity index (χ3n) is 2.00. The molecule has 0 unspecified atom stereocenters. The maximum absolute atomic E-state index is 12.6. The van der Waals surface area contributed by atoms with E-state index in [0.29, 0.717) is 11.4 Å². The summed E-state index contributed by atoms with van der Waals surface area (Å²) in [5.74, 6) is 2.68. The minimum atomic E-state index is -0.375. The molecule has 2 rings (SSSR count). The first-order chi connectivity index (χ1) is 7.20. The SMILES string of the molecule is C#Cc1cn(-c2ccc(F)cn2)nc1C. The van der Waals surface area contributed by atoms with Crippen molar-refractivity contribution >= 4 is 0 Å². The second-order valence-electron chi connectivity index (χ2n) is 3.05. The van der Waals surface area contributed by atoms with Crippen molar-refractivity contribution in [2.45, 2.75) is 6.92 Å². The zero-order valence-electron chi connectivity index (χ0n) is 8.11. The van der Waals surface area contributed by atoms with Crippen molar-refractivity contribution < 1.29 is 4.39 Å². The third kappa shape index (κ3) is 1.72. The predicted molar refractivity (Wildman–Crippen MR) is 54.0 cm³/mol. The van der Waals surface area contributed by atoms with Gasteiger partial charge < -0.3 is 0 Å². The minimum absolute atomic E-state index is 0.375. The van der Waals surface area contributed by atoms with Crippen LogP contribution in [0.1, 0.15) is 11.3 Å². The molecule has 0 bridgehead atoms. The number of rotatable bonds is 1. The zero-order valence-corrected chi connectivity index (χ0v) is 8.11. The molecule has 0 fully saturated rings. The first kappa shape index (κ1) is 9.41. The molecule has 0 saturated carbocycles. The van der Waals surface area contributed by atoms with E-state index in [1.54, 1.807) is 12.3 Å². The van der Waals surface area contributed by atoms with Crippen molar-refractivity contribution in [3.63, 3.8) is 0 Å². The Bertz CT molecular complexity index is 520. The molecule has 2 heterocycles. The fourth-order valence-electron chi connectivity index (χ4n) is 1.22. The predicted octanol–water partition coefficient (Wildman–Crippen LogP) is 1.70. The van der Waals surface area contributed by atoms with Gasteiger partial charge in [-0.1, -0.05) is 5.92 Å². The smallest absolute Gasteiger partial charge is 0.153 e.